The molecule has 1 heterocycles. The number of aromatic nitrogens is 2. The standard InChI is InChI=1S/C13H15FN4/c1-3-12-17-11(15)7-13(18-12)16-10-5-8(2)4-9(14)6-10/h4-7H,3H2,1-2H3,(H3,15,16,17,18). The number of aryl methyl sites for hydroxylation is 2. The molecule has 2 aromatic rings. The lowest BCUT2D eigenvalue weighted by molar-refractivity contribution is 0.627. The van der Waals surface area contributed by atoms with Crippen molar-refractivity contribution in [3.63, 3.8) is 0 Å². The van der Waals surface area contributed by atoms with Crippen LogP contribution in [0.4, 0.5) is 21.7 Å². The Labute approximate surface area is 105 Å². The molecule has 94 valence electrons. The molecule has 3 N–H and O–H groups in total. The highest BCUT2D eigenvalue weighted by Crippen LogP contribution is 2.19. The van der Waals surface area contributed by atoms with E-state index < -0.39 is 0 Å². The molecule has 5 heteroatoms. The van der Waals surface area contributed by atoms with Crippen LogP contribution in [0.5, 0.6) is 0 Å². The van der Waals surface area contributed by atoms with Gasteiger partial charge in [-0.15, -0.1) is 0 Å². The average Bonchev–Trinajstić information content (AvgIpc) is 2.26. The Morgan fingerprint density at radius 1 is 1.22 bits per heavy atom. The van der Waals surface area contributed by atoms with Gasteiger partial charge < -0.3 is 11.1 Å². The van der Waals surface area contributed by atoms with Gasteiger partial charge in [-0.2, -0.15) is 0 Å². The molecule has 0 fully saturated rings. The third kappa shape index (κ3) is 2.94. The van der Waals surface area contributed by atoms with Crippen LogP contribution in [0.2, 0.25) is 0 Å². The summed E-state index contributed by atoms with van der Waals surface area (Å²) in [5.74, 6) is 1.35. The van der Waals surface area contributed by atoms with Gasteiger partial charge in [0.1, 0.15) is 23.3 Å². The van der Waals surface area contributed by atoms with Crippen LogP contribution < -0.4 is 11.1 Å². The summed E-state index contributed by atoms with van der Waals surface area (Å²) >= 11 is 0. The lowest BCUT2D eigenvalue weighted by Crippen LogP contribution is -2.03. The first kappa shape index (κ1) is 12.3. The Morgan fingerprint density at radius 2 is 2.00 bits per heavy atom. The van der Waals surface area contributed by atoms with Gasteiger partial charge in [0.25, 0.3) is 0 Å². The number of nitrogens with two attached hydrogens (primary N) is 1. The van der Waals surface area contributed by atoms with Crippen LogP contribution in [-0.2, 0) is 6.42 Å². The third-order valence-corrected chi connectivity index (χ3v) is 2.42. The van der Waals surface area contributed by atoms with E-state index in [2.05, 4.69) is 15.3 Å². The molecule has 0 saturated carbocycles. The predicted molar refractivity (Wildman–Crippen MR) is 70.2 cm³/mol. The summed E-state index contributed by atoms with van der Waals surface area (Å²) in [6.45, 7) is 3.78. The first-order valence-corrected chi connectivity index (χ1v) is 5.74. The molecule has 1 aromatic heterocycles. The van der Waals surface area contributed by atoms with Crippen molar-refractivity contribution >= 4 is 17.3 Å². The molecule has 0 amide bonds. The number of benzene rings is 1. The molecular weight excluding hydrogens is 231 g/mol. The number of nitrogen functional groups attached to an aromatic ring is 1. The van der Waals surface area contributed by atoms with Gasteiger partial charge >= 0.3 is 0 Å². The predicted octanol–water partition coefficient (Wildman–Crippen LogP) is 2.81. The maximum atomic E-state index is 13.3. The fourth-order valence-electron chi connectivity index (χ4n) is 1.70. The lowest BCUT2D eigenvalue weighted by atomic mass is 10.2. The summed E-state index contributed by atoms with van der Waals surface area (Å²) < 4.78 is 13.3. The van der Waals surface area contributed by atoms with Crippen molar-refractivity contribution in [2.75, 3.05) is 11.1 Å². The molecule has 0 atom stereocenters. The van der Waals surface area contributed by atoms with E-state index >= 15 is 0 Å². The second kappa shape index (κ2) is 5.00. The van der Waals surface area contributed by atoms with Crippen molar-refractivity contribution in [2.24, 2.45) is 0 Å². The Bertz CT molecular complexity index is 549. The van der Waals surface area contributed by atoms with Gasteiger partial charge in [-0.05, 0) is 30.7 Å². The zero-order valence-corrected chi connectivity index (χ0v) is 10.4. The number of nitrogens with one attached hydrogen (secondary N) is 1. The van der Waals surface area contributed by atoms with Crippen molar-refractivity contribution in [1.29, 1.82) is 0 Å². The normalized spacial score (nSPS) is 10.4. The van der Waals surface area contributed by atoms with E-state index in [4.69, 9.17) is 5.73 Å². The van der Waals surface area contributed by atoms with Crippen LogP contribution in [-0.4, -0.2) is 9.97 Å². The topological polar surface area (TPSA) is 63.8 Å². The number of halogens is 1. The summed E-state index contributed by atoms with van der Waals surface area (Å²) in [4.78, 5) is 8.36. The molecule has 0 radical (unpaired) electrons. The van der Waals surface area contributed by atoms with Gasteiger partial charge in [0.05, 0.1) is 0 Å². The van der Waals surface area contributed by atoms with Crippen LogP contribution in [0.1, 0.15) is 18.3 Å². The highest BCUT2D eigenvalue weighted by molar-refractivity contribution is 5.59. The summed E-state index contributed by atoms with van der Waals surface area (Å²) in [5.41, 5.74) is 7.17. The van der Waals surface area contributed by atoms with Crippen LogP contribution >= 0.6 is 0 Å². The van der Waals surface area contributed by atoms with Crippen LogP contribution in [0, 0.1) is 12.7 Å². The molecule has 1 aromatic carbocycles. The number of nitrogens with zero attached hydrogens (tertiary/aromatic N) is 2. The van der Waals surface area contributed by atoms with E-state index in [1.807, 2.05) is 19.9 Å². The molecule has 0 aliphatic heterocycles. The molecule has 0 saturated heterocycles. The van der Waals surface area contributed by atoms with E-state index in [-0.39, 0.29) is 5.82 Å². The molecular formula is C13H15FN4. The van der Waals surface area contributed by atoms with E-state index in [1.54, 1.807) is 6.07 Å². The zero-order valence-electron chi connectivity index (χ0n) is 10.4. The van der Waals surface area contributed by atoms with Gasteiger partial charge in [-0.1, -0.05) is 6.92 Å². The number of anilines is 3. The van der Waals surface area contributed by atoms with Crippen LogP contribution in [0.3, 0.4) is 0 Å². The first-order chi connectivity index (χ1) is 8.56. The molecule has 0 spiro atoms. The van der Waals surface area contributed by atoms with Crippen molar-refractivity contribution in [3.05, 3.63) is 41.5 Å². The van der Waals surface area contributed by atoms with Crippen molar-refractivity contribution < 1.29 is 4.39 Å². The smallest absolute Gasteiger partial charge is 0.136 e. The molecule has 18 heavy (non-hydrogen) atoms. The largest absolute Gasteiger partial charge is 0.384 e. The van der Waals surface area contributed by atoms with Gasteiger partial charge in [-0.3, -0.25) is 0 Å². The van der Waals surface area contributed by atoms with Gasteiger partial charge in [0.15, 0.2) is 0 Å². The Hall–Kier alpha value is -2.17. The fourth-order valence-corrected chi connectivity index (χ4v) is 1.70. The van der Waals surface area contributed by atoms with Crippen molar-refractivity contribution in [3.8, 4) is 0 Å². The van der Waals surface area contributed by atoms with Crippen molar-refractivity contribution in [2.45, 2.75) is 20.3 Å². The van der Waals surface area contributed by atoms with Gasteiger partial charge in [0, 0.05) is 18.2 Å². The van der Waals surface area contributed by atoms with Gasteiger partial charge in [0.2, 0.25) is 0 Å². The molecule has 0 bridgehead atoms. The maximum Gasteiger partial charge on any atom is 0.136 e. The minimum atomic E-state index is -0.282. The molecule has 0 aliphatic carbocycles. The van der Waals surface area contributed by atoms with E-state index in [1.165, 1.54) is 12.1 Å². The minimum Gasteiger partial charge on any atom is -0.384 e. The number of hydrogen-bond donors (Lipinski definition) is 2. The highest BCUT2D eigenvalue weighted by Gasteiger charge is 2.03. The second-order valence-corrected chi connectivity index (χ2v) is 4.09. The Morgan fingerprint density at radius 3 is 2.67 bits per heavy atom. The lowest BCUT2D eigenvalue weighted by Gasteiger charge is -2.08. The quantitative estimate of drug-likeness (QED) is 0.874. The average molecular weight is 246 g/mol. The van der Waals surface area contributed by atoms with Crippen LogP contribution in [0.15, 0.2) is 24.3 Å². The summed E-state index contributed by atoms with van der Waals surface area (Å²) in [5, 5.41) is 3.03. The highest BCUT2D eigenvalue weighted by atomic mass is 19.1. The van der Waals surface area contributed by atoms with Crippen molar-refractivity contribution in [1.82, 2.24) is 9.97 Å². The van der Waals surface area contributed by atoms with E-state index in [9.17, 15) is 4.39 Å². The molecule has 0 aliphatic rings. The molecule has 0 unspecified atom stereocenters. The maximum absolute atomic E-state index is 13.3. The third-order valence-electron chi connectivity index (χ3n) is 2.42. The van der Waals surface area contributed by atoms with E-state index in [0.29, 0.717) is 29.6 Å². The Kier molecular flexibility index (Phi) is 3.41. The summed E-state index contributed by atoms with van der Waals surface area (Å²) in [6.07, 6.45) is 0.696. The molecule has 4 nitrogen and oxygen atoms in total. The number of hydrogen-bond acceptors (Lipinski definition) is 4. The van der Waals surface area contributed by atoms with Gasteiger partial charge in [-0.25, -0.2) is 14.4 Å². The minimum absolute atomic E-state index is 0.282. The van der Waals surface area contributed by atoms with E-state index in [0.717, 1.165) is 5.56 Å². The monoisotopic (exact) mass is 246 g/mol. The fraction of sp³-hybridized carbons (Fsp3) is 0.231. The molecule has 2 rings (SSSR count). The SMILES string of the molecule is CCc1nc(N)cc(Nc2cc(C)cc(F)c2)n1. The second-order valence-electron chi connectivity index (χ2n) is 4.09. The Balaban J connectivity index is 2.30. The first-order valence-electron chi connectivity index (χ1n) is 5.74. The number of rotatable bonds is 3. The zero-order chi connectivity index (χ0) is 13.1. The van der Waals surface area contributed by atoms with Crippen LogP contribution in [0.25, 0.3) is 0 Å². The summed E-state index contributed by atoms with van der Waals surface area (Å²) in [6, 6.07) is 6.35. The summed E-state index contributed by atoms with van der Waals surface area (Å²) in [7, 11) is 0.